The van der Waals surface area contributed by atoms with Crippen molar-refractivity contribution in [2.45, 2.75) is 71.8 Å². The summed E-state index contributed by atoms with van der Waals surface area (Å²) in [5.74, 6) is 0.950. The summed E-state index contributed by atoms with van der Waals surface area (Å²) < 4.78 is 5.31. The van der Waals surface area contributed by atoms with Crippen LogP contribution in [0.2, 0.25) is 0 Å². The molecule has 1 aromatic heterocycles. The molecular weight excluding hydrogens is 424 g/mol. The van der Waals surface area contributed by atoms with Crippen LogP contribution in [0, 0.1) is 23.2 Å². The van der Waals surface area contributed by atoms with Gasteiger partial charge in [0.15, 0.2) is 0 Å². The number of hydrogen-bond acceptors (Lipinski definition) is 6. The summed E-state index contributed by atoms with van der Waals surface area (Å²) in [6, 6.07) is 2.31. The lowest BCUT2D eigenvalue weighted by Crippen LogP contribution is -2.42. The molecule has 2 N–H and O–H groups in total. The predicted octanol–water partition coefficient (Wildman–Crippen LogP) is 4.31. The molecule has 0 aromatic carbocycles. The van der Waals surface area contributed by atoms with Gasteiger partial charge in [0, 0.05) is 30.9 Å². The van der Waals surface area contributed by atoms with Crippen LogP contribution in [-0.4, -0.2) is 48.7 Å². The monoisotopic (exact) mass is 460 g/mol. The van der Waals surface area contributed by atoms with E-state index in [0.29, 0.717) is 36.9 Å². The van der Waals surface area contributed by atoms with Crippen molar-refractivity contribution in [3.63, 3.8) is 0 Å². The van der Waals surface area contributed by atoms with Gasteiger partial charge in [-0.1, -0.05) is 6.92 Å². The maximum Gasteiger partial charge on any atom is 0.407 e. The van der Waals surface area contributed by atoms with Crippen LogP contribution in [-0.2, 0) is 22.4 Å². The van der Waals surface area contributed by atoms with Crippen molar-refractivity contribution in [3.05, 3.63) is 16.0 Å². The van der Waals surface area contributed by atoms with Gasteiger partial charge in [-0.05, 0) is 76.8 Å². The Kier molecular flexibility index (Phi) is 8.18. The van der Waals surface area contributed by atoms with Gasteiger partial charge in [-0.15, -0.1) is 11.3 Å². The number of alkyl carbamates (subject to hydrolysis) is 1. The Bertz CT molecular complexity index is 868. The van der Waals surface area contributed by atoms with E-state index < -0.39 is 5.60 Å². The third-order valence-corrected chi connectivity index (χ3v) is 7.24. The first-order chi connectivity index (χ1) is 15.1. The second kappa shape index (κ2) is 10.7. The summed E-state index contributed by atoms with van der Waals surface area (Å²) in [7, 11) is 0. The van der Waals surface area contributed by atoms with E-state index >= 15 is 0 Å². The Morgan fingerprint density at radius 1 is 1.31 bits per heavy atom. The Morgan fingerprint density at radius 2 is 2.09 bits per heavy atom. The van der Waals surface area contributed by atoms with Gasteiger partial charge < -0.3 is 20.3 Å². The van der Waals surface area contributed by atoms with E-state index in [0.717, 1.165) is 55.8 Å². The molecule has 2 atom stereocenters. The second-order valence-corrected chi connectivity index (χ2v) is 11.3. The molecule has 1 saturated heterocycles. The van der Waals surface area contributed by atoms with Crippen molar-refractivity contribution in [2.24, 2.45) is 11.8 Å². The molecule has 176 valence electrons. The van der Waals surface area contributed by atoms with Gasteiger partial charge in [-0.2, -0.15) is 5.26 Å². The largest absolute Gasteiger partial charge is 0.444 e. The average molecular weight is 461 g/mol. The van der Waals surface area contributed by atoms with Crippen LogP contribution in [0.3, 0.4) is 0 Å². The molecule has 0 saturated carbocycles. The molecule has 0 spiro atoms. The van der Waals surface area contributed by atoms with Gasteiger partial charge in [0.05, 0.1) is 5.56 Å². The van der Waals surface area contributed by atoms with Gasteiger partial charge in [0.1, 0.15) is 16.7 Å². The summed E-state index contributed by atoms with van der Waals surface area (Å²) in [6.07, 6.45) is 5.16. The second-order valence-electron chi connectivity index (χ2n) is 10.2. The lowest BCUT2D eigenvalue weighted by Gasteiger charge is -2.32. The zero-order chi connectivity index (χ0) is 23.3. The minimum Gasteiger partial charge on any atom is -0.444 e. The molecule has 7 nitrogen and oxygen atoms in total. The number of carbonyl (C=O) groups is 2. The zero-order valence-corrected chi connectivity index (χ0v) is 20.6. The fraction of sp³-hybridized carbons (Fsp3) is 0.708. The highest BCUT2D eigenvalue weighted by Crippen LogP contribution is 2.39. The topological polar surface area (TPSA) is 94.5 Å². The lowest BCUT2D eigenvalue weighted by atomic mass is 9.89. The van der Waals surface area contributed by atoms with Gasteiger partial charge in [-0.25, -0.2) is 4.79 Å². The fourth-order valence-electron chi connectivity index (χ4n) is 4.47. The van der Waals surface area contributed by atoms with Crippen molar-refractivity contribution in [2.75, 3.05) is 31.5 Å². The summed E-state index contributed by atoms with van der Waals surface area (Å²) in [6.45, 7) is 10.9. The van der Waals surface area contributed by atoms with Gasteiger partial charge in [-0.3, -0.25) is 4.79 Å². The van der Waals surface area contributed by atoms with E-state index in [1.165, 1.54) is 4.88 Å². The maximum absolute atomic E-state index is 12.6. The molecule has 3 rings (SSSR count). The van der Waals surface area contributed by atoms with E-state index in [1.54, 1.807) is 11.3 Å². The Balaban J connectivity index is 1.45. The number of anilines is 1. The quantitative estimate of drug-likeness (QED) is 0.660. The predicted molar refractivity (Wildman–Crippen MR) is 127 cm³/mol. The van der Waals surface area contributed by atoms with Crippen LogP contribution in [0.5, 0.6) is 0 Å². The normalized spacial score (nSPS) is 21.3. The van der Waals surface area contributed by atoms with E-state index in [9.17, 15) is 14.9 Å². The number of thiophene rings is 1. The van der Waals surface area contributed by atoms with Crippen molar-refractivity contribution in [1.29, 1.82) is 5.26 Å². The highest BCUT2D eigenvalue weighted by molar-refractivity contribution is 7.16. The van der Waals surface area contributed by atoms with Crippen LogP contribution in [0.4, 0.5) is 9.80 Å². The molecule has 0 radical (unpaired) electrons. The fourth-order valence-corrected chi connectivity index (χ4v) is 5.85. The van der Waals surface area contributed by atoms with E-state index in [1.807, 2.05) is 20.8 Å². The van der Waals surface area contributed by atoms with Crippen molar-refractivity contribution >= 4 is 28.3 Å². The van der Waals surface area contributed by atoms with Crippen molar-refractivity contribution in [3.8, 4) is 6.07 Å². The minimum absolute atomic E-state index is 0.0397. The minimum atomic E-state index is -0.498. The number of nitrogens with zero attached hydrogens (tertiary/aromatic N) is 2. The first-order valence-corrected chi connectivity index (χ1v) is 12.5. The van der Waals surface area contributed by atoms with E-state index in [-0.39, 0.29) is 12.0 Å². The summed E-state index contributed by atoms with van der Waals surface area (Å²) in [5.41, 5.74) is 1.31. The molecule has 0 bridgehead atoms. The number of piperidine rings is 1. The van der Waals surface area contributed by atoms with Crippen molar-refractivity contribution in [1.82, 2.24) is 10.2 Å². The third-order valence-electron chi connectivity index (χ3n) is 6.07. The molecule has 1 aliphatic carbocycles. The van der Waals surface area contributed by atoms with Gasteiger partial charge in [0.25, 0.3) is 0 Å². The summed E-state index contributed by atoms with van der Waals surface area (Å²) >= 11 is 1.57. The van der Waals surface area contributed by atoms with Crippen LogP contribution < -0.4 is 10.6 Å². The standard InChI is InChI=1S/C24H36N4O3S/c1-16-7-8-18-19(13-25)22(32-20(18)12-16)27-21(29)9-11-28-10-5-6-17(15-28)14-26-23(30)31-24(2,3)4/h16-17H,5-12,14-15H2,1-4H3,(H,26,30)(H,27,29). The molecular formula is C24H36N4O3S. The number of hydrogen-bond donors (Lipinski definition) is 2. The average Bonchev–Trinajstić information content (AvgIpc) is 3.05. The number of carbonyl (C=O) groups excluding carboxylic acids is 2. The molecule has 1 fully saturated rings. The number of ether oxygens (including phenoxy) is 1. The first kappa shape index (κ1) is 24.5. The van der Waals surface area contributed by atoms with E-state index in [2.05, 4.69) is 28.5 Å². The Morgan fingerprint density at radius 3 is 2.81 bits per heavy atom. The van der Waals surface area contributed by atoms with Crippen LogP contribution in [0.25, 0.3) is 0 Å². The zero-order valence-electron chi connectivity index (χ0n) is 19.8. The molecule has 32 heavy (non-hydrogen) atoms. The Hall–Kier alpha value is -2.11. The Labute approximate surface area is 195 Å². The molecule has 2 amide bonds. The maximum atomic E-state index is 12.6. The van der Waals surface area contributed by atoms with Crippen LogP contribution in [0.1, 0.15) is 69.4 Å². The molecule has 1 aliphatic heterocycles. The molecule has 2 aliphatic rings. The molecule has 8 heteroatoms. The molecule has 2 heterocycles. The number of fused-ring (bicyclic) bond motifs is 1. The molecule has 1 aromatic rings. The number of amides is 2. The highest BCUT2D eigenvalue weighted by Gasteiger charge is 2.26. The number of nitrogens with one attached hydrogen (secondary N) is 2. The smallest absolute Gasteiger partial charge is 0.407 e. The van der Waals surface area contributed by atoms with Crippen LogP contribution >= 0.6 is 11.3 Å². The van der Waals surface area contributed by atoms with E-state index in [4.69, 9.17) is 4.74 Å². The van der Waals surface area contributed by atoms with Gasteiger partial charge >= 0.3 is 6.09 Å². The highest BCUT2D eigenvalue weighted by atomic mass is 32.1. The van der Waals surface area contributed by atoms with Crippen molar-refractivity contribution < 1.29 is 14.3 Å². The van der Waals surface area contributed by atoms with Gasteiger partial charge in [0.2, 0.25) is 5.91 Å². The number of likely N-dealkylation sites (tertiary alicyclic amines) is 1. The first-order valence-electron chi connectivity index (χ1n) is 11.7. The summed E-state index contributed by atoms with van der Waals surface area (Å²) in [4.78, 5) is 28.1. The number of nitriles is 1. The third kappa shape index (κ3) is 6.94. The van der Waals surface area contributed by atoms with Crippen LogP contribution in [0.15, 0.2) is 0 Å². The SMILES string of the molecule is CC1CCc2c(sc(NC(=O)CCN3CCCC(CNC(=O)OC(C)(C)C)C3)c2C#N)C1. The number of rotatable bonds is 6. The lowest BCUT2D eigenvalue weighted by molar-refractivity contribution is -0.116. The molecule has 2 unspecified atom stereocenters. The summed E-state index contributed by atoms with van der Waals surface area (Å²) in [5, 5.41) is 16.2.